The number of H-pyrrole nitrogens is 1. The number of benzene rings is 2. The van der Waals surface area contributed by atoms with Crippen molar-refractivity contribution in [3.05, 3.63) is 69.7 Å². The van der Waals surface area contributed by atoms with Gasteiger partial charge in [0.1, 0.15) is 20.2 Å². The standard InChI is InChI=1S/C22H20N4O14S4.4K/c1-11-15(21(27)25(23-11)17-9-13(41-39-37-29)3-7-19(17)43(31,32)33)5-6-16-12(2)24-26(22(16)28)18-10-14(42-40-38-30)4-8-20(18)44(34,35)36;;;;/h3-5,7-10,24,29-30H,6H2,1-2H3,(H,31,32,33)(H,34,35,36);;;;/q;4*+1/p-4. The number of aromatic amines is 1. The van der Waals surface area contributed by atoms with Gasteiger partial charge in [0.05, 0.1) is 56.5 Å². The fourth-order valence-corrected chi connectivity index (χ4v) is 6.14. The number of nitrogens with zero attached hydrogens (tertiary/aromatic N) is 3. The number of aromatic nitrogens is 2. The fourth-order valence-electron chi connectivity index (χ4n) is 4.08. The van der Waals surface area contributed by atoms with Crippen LogP contribution in [0.2, 0.25) is 0 Å². The van der Waals surface area contributed by atoms with Gasteiger partial charge in [0.2, 0.25) is 0 Å². The van der Waals surface area contributed by atoms with Crippen LogP contribution in [0, 0.1) is 6.92 Å². The molecule has 1 aliphatic heterocycles. The van der Waals surface area contributed by atoms with Crippen molar-refractivity contribution < 1.29 is 266 Å². The summed E-state index contributed by atoms with van der Waals surface area (Å²) in [7, 11) is -10.2. The summed E-state index contributed by atoms with van der Waals surface area (Å²) in [5, 5.41) is 34.2. The van der Waals surface area contributed by atoms with Crippen LogP contribution in [0.15, 0.2) is 77.5 Å². The molecule has 0 radical (unpaired) electrons. The zero-order valence-corrected chi connectivity index (χ0v) is 41.7. The van der Waals surface area contributed by atoms with Crippen LogP contribution in [0.1, 0.15) is 18.2 Å². The second kappa shape index (κ2) is 22.6. The summed E-state index contributed by atoms with van der Waals surface area (Å²) in [5.74, 6) is -0.867. The van der Waals surface area contributed by atoms with Crippen molar-refractivity contribution >= 4 is 61.6 Å². The van der Waals surface area contributed by atoms with Crippen LogP contribution < -0.4 is 227 Å². The topological polar surface area (TPSA) is 268 Å². The average molecular weight is 845 g/mol. The maximum atomic E-state index is 13.3. The maximum Gasteiger partial charge on any atom is 1.00 e. The Hall–Kier alpha value is 3.16. The van der Waals surface area contributed by atoms with E-state index in [9.17, 15) is 46.0 Å². The Kier molecular flexibility index (Phi) is 24.1. The van der Waals surface area contributed by atoms with Gasteiger partial charge in [-0.05, 0) is 56.7 Å². The Morgan fingerprint density at radius 3 is 1.79 bits per heavy atom. The molecule has 0 saturated heterocycles. The molecule has 1 aliphatic rings. The molecule has 1 aromatic heterocycles. The molecule has 0 bridgehead atoms. The predicted octanol–water partition coefficient (Wildman–Crippen LogP) is -12.3. The normalized spacial score (nSPS) is 13.7. The number of aryl methyl sites for hydroxylation is 1. The van der Waals surface area contributed by atoms with Crippen LogP contribution >= 0.6 is 24.1 Å². The molecule has 236 valence electrons. The van der Waals surface area contributed by atoms with Gasteiger partial charge in [0.25, 0.3) is 11.5 Å². The molecule has 1 N–H and O–H groups in total. The first kappa shape index (κ1) is 51.2. The number of hydrogen-bond donors (Lipinski definition) is 1. The smallest absolute Gasteiger partial charge is 0.744 e. The van der Waals surface area contributed by atoms with Gasteiger partial charge < -0.3 is 19.6 Å². The van der Waals surface area contributed by atoms with E-state index >= 15 is 0 Å². The molecular weight excluding hydrogens is 829 g/mol. The van der Waals surface area contributed by atoms with Crippen LogP contribution in [-0.2, 0) is 50.2 Å². The molecule has 3 aromatic rings. The predicted molar refractivity (Wildman–Crippen MR) is 142 cm³/mol. The van der Waals surface area contributed by atoms with E-state index < -0.39 is 47.2 Å². The van der Waals surface area contributed by atoms with E-state index in [2.05, 4.69) is 28.9 Å². The third-order valence-corrected chi connectivity index (χ3v) is 8.86. The summed E-state index contributed by atoms with van der Waals surface area (Å²) >= 11 is 0.762. The molecular formula is C22H16K4N4O14S4. The SMILES string of the molecule is CC1=NN(c2cc(SOO[O-])ccc2S(=O)(=O)[O-])C(=O)C1=CCc1c(C)[nH]n(-c2cc(SOO[O-])ccc2S(=O)(=O)[O-])c1=O.[K+].[K+].[K+].[K+]. The van der Waals surface area contributed by atoms with Gasteiger partial charge in [-0.15, -0.1) is 0 Å². The Balaban J connectivity index is 0.00000552. The third-order valence-electron chi connectivity index (χ3n) is 5.95. The van der Waals surface area contributed by atoms with Gasteiger partial charge in [0, 0.05) is 21.0 Å². The van der Waals surface area contributed by atoms with Gasteiger partial charge in [-0.2, -0.15) is 18.8 Å². The van der Waals surface area contributed by atoms with Crippen LogP contribution in [0.4, 0.5) is 5.69 Å². The minimum atomic E-state index is -5.10. The van der Waals surface area contributed by atoms with Crippen molar-refractivity contribution in [2.75, 3.05) is 5.01 Å². The zero-order chi connectivity index (χ0) is 32.4. The molecule has 18 nitrogen and oxygen atoms in total. The van der Waals surface area contributed by atoms with Crippen LogP contribution in [0.3, 0.4) is 0 Å². The minimum Gasteiger partial charge on any atom is -0.744 e. The summed E-state index contributed by atoms with van der Waals surface area (Å²) in [6.45, 7) is 2.88. The molecule has 0 atom stereocenters. The van der Waals surface area contributed by atoms with E-state index in [1.165, 1.54) is 19.9 Å². The second-order valence-electron chi connectivity index (χ2n) is 8.59. The molecule has 48 heavy (non-hydrogen) atoms. The first-order chi connectivity index (χ1) is 20.7. The molecule has 0 fully saturated rings. The Labute approximate surface area is 451 Å². The van der Waals surface area contributed by atoms with Gasteiger partial charge in [-0.25, -0.2) is 21.5 Å². The molecule has 4 rings (SSSR count). The summed E-state index contributed by atoms with van der Waals surface area (Å²) in [6, 6.07) is 6.23. The van der Waals surface area contributed by atoms with Crippen molar-refractivity contribution in [3.63, 3.8) is 0 Å². The maximum absolute atomic E-state index is 13.3. The molecule has 1 amide bonds. The van der Waals surface area contributed by atoms with Crippen molar-refractivity contribution in [2.24, 2.45) is 5.10 Å². The molecule has 0 aliphatic carbocycles. The number of amides is 1. The Morgan fingerprint density at radius 2 is 1.31 bits per heavy atom. The van der Waals surface area contributed by atoms with E-state index in [1.54, 1.807) is 0 Å². The van der Waals surface area contributed by atoms with E-state index in [0.717, 1.165) is 41.1 Å². The zero-order valence-electron chi connectivity index (χ0n) is 25.9. The van der Waals surface area contributed by atoms with E-state index in [1.807, 2.05) is 0 Å². The van der Waals surface area contributed by atoms with E-state index in [0.29, 0.717) is 29.1 Å². The van der Waals surface area contributed by atoms with Gasteiger partial charge in [0.15, 0.2) is 0 Å². The molecule has 2 aromatic carbocycles. The molecule has 26 heteroatoms. The van der Waals surface area contributed by atoms with Crippen molar-refractivity contribution in [2.45, 2.75) is 39.9 Å². The largest absolute Gasteiger partial charge is 1.00 e. The van der Waals surface area contributed by atoms with E-state index in [-0.39, 0.29) is 250 Å². The molecule has 0 saturated carbocycles. The first-order valence-electron chi connectivity index (χ1n) is 11.5. The molecule has 0 unspecified atom stereocenters. The number of nitrogens with one attached hydrogen (secondary N) is 1. The Morgan fingerprint density at radius 1 is 0.833 bits per heavy atom. The van der Waals surface area contributed by atoms with Crippen LogP contribution in [0.25, 0.3) is 5.69 Å². The third kappa shape index (κ3) is 12.9. The van der Waals surface area contributed by atoms with Crippen LogP contribution in [0.5, 0.6) is 0 Å². The number of rotatable bonds is 12. The number of carbonyl (C=O) groups excluding carboxylic acids is 1. The minimum absolute atomic E-state index is 0. The monoisotopic (exact) mass is 844 g/mol. The summed E-state index contributed by atoms with van der Waals surface area (Å²) < 4.78 is 80.5. The van der Waals surface area contributed by atoms with Crippen molar-refractivity contribution in [3.8, 4) is 5.69 Å². The second-order valence-corrected chi connectivity index (χ2v) is 12.8. The summed E-state index contributed by atoms with van der Waals surface area (Å²) in [5.41, 5.74) is -1.35. The molecule has 2 heterocycles. The first-order valence-corrected chi connectivity index (χ1v) is 15.8. The quantitative estimate of drug-likeness (QED) is 0.0443. The summed E-state index contributed by atoms with van der Waals surface area (Å²) in [4.78, 5) is 25.3. The number of allylic oxidation sites excluding steroid dienone is 1. The number of hydrazone groups is 1. The fraction of sp³-hybridized carbons (Fsp3) is 0.136. The van der Waals surface area contributed by atoms with Gasteiger partial charge >= 0.3 is 206 Å². The summed E-state index contributed by atoms with van der Waals surface area (Å²) in [6.07, 6.45) is 1.08. The molecule has 0 spiro atoms. The van der Waals surface area contributed by atoms with Gasteiger partial charge in [-0.1, -0.05) is 6.08 Å². The number of carbonyl (C=O) groups is 1. The van der Waals surface area contributed by atoms with E-state index in [4.69, 9.17) is 0 Å². The van der Waals surface area contributed by atoms with Crippen LogP contribution in [-0.4, -0.2) is 47.3 Å². The van der Waals surface area contributed by atoms with Crippen molar-refractivity contribution in [1.29, 1.82) is 0 Å². The Bertz CT molecular complexity index is 1970. The number of anilines is 1. The van der Waals surface area contributed by atoms with Gasteiger partial charge in [-0.3, -0.25) is 24.8 Å². The average Bonchev–Trinajstić information content (AvgIpc) is 3.40. The van der Waals surface area contributed by atoms with Crippen molar-refractivity contribution in [1.82, 2.24) is 9.78 Å². The number of hydrogen-bond acceptors (Lipinski definition) is 17.